The first-order valence-corrected chi connectivity index (χ1v) is 10.6. The molecule has 1 aromatic carbocycles. The molecule has 0 aliphatic heterocycles. The van der Waals surface area contributed by atoms with Crippen molar-refractivity contribution in [1.29, 1.82) is 0 Å². The number of aliphatic hydroxyl groups is 1. The number of hydrogen-bond acceptors (Lipinski definition) is 5. The highest BCUT2D eigenvalue weighted by Gasteiger charge is 2.34. The van der Waals surface area contributed by atoms with E-state index in [-0.39, 0.29) is 36.4 Å². The molecule has 1 unspecified atom stereocenters. The van der Waals surface area contributed by atoms with Gasteiger partial charge in [-0.15, -0.1) is 0 Å². The molecule has 0 bridgehead atoms. The van der Waals surface area contributed by atoms with Crippen molar-refractivity contribution in [2.75, 3.05) is 6.54 Å². The number of nitrogens with one attached hydrogen (secondary N) is 1. The molecule has 4 atom stereocenters. The van der Waals surface area contributed by atoms with Gasteiger partial charge in [-0.05, 0) is 50.3 Å². The van der Waals surface area contributed by atoms with Crippen molar-refractivity contribution in [2.24, 2.45) is 17.6 Å². The topological polar surface area (TPSA) is 109 Å². The third-order valence-electron chi connectivity index (χ3n) is 5.78. The Labute approximate surface area is 173 Å². The lowest BCUT2D eigenvalue weighted by Gasteiger charge is -2.28. The number of Topliss-reactive ketones (excluding diaryl/α,β-unsaturated/α-hetero) is 2. The summed E-state index contributed by atoms with van der Waals surface area (Å²) in [4.78, 5) is 38.3. The van der Waals surface area contributed by atoms with Crippen LogP contribution in [0, 0.1) is 11.8 Å². The highest BCUT2D eigenvalue weighted by Crippen LogP contribution is 2.34. The summed E-state index contributed by atoms with van der Waals surface area (Å²) in [5, 5.41) is 12.9. The molecule has 29 heavy (non-hydrogen) atoms. The molecule has 0 radical (unpaired) electrons. The maximum atomic E-state index is 13.1. The van der Waals surface area contributed by atoms with E-state index in [0.717, 1.165) is 24.8 Å². The molecular formula is C23H34N2O4. The van der Waals surface area contributed by atoms with Gasteiger partial charge in [-0.1, -0.05) is 38.1 Å². The van der Waals surface area contributed by atoms with E-state index in [1.807, 2.05) is 24.3 Å². The Morgan fingerprint density at radius 3 is 2.52 bits per heavy atom. The van der Waals surface area contributed by atoms with E-state index < -0.39 is 24.0 Å². The summed E-state index contributed by atoms with van der Waals surface area (Å²) < 4.78 is 0. The number of hydrogen-bond donors (Lipinski definition) is 3. The first-order valence-electron chi connectivity index (χ1n) is 10.6. The molecule has 1 amide bonds. The van der Waals surface area contributed by atoms with E-state index in [9.17, 15) is 19.5 Å². The van der Waals surface area contributed by atoms with E-state index in [0.29, 0.717) is 6.42 Å². The number of aliphatic hydroxyl groups excluding tert-OH is 1. The van der Waals surface area contributed by atoms with Gasteiger partial charge >= 0.3 is 0 Å². The fourth-order valence-corrected chi connectivity index (χ4v) is 4.06. The van der Waals surface area contributed by atoms with Crippen molar-refractivity contribution < 1.29 is 19.5 Å². The van der Waals surface area contributed by atoms with E-state index in [1.165, 1.54) is 12.5 Å². The number of rotatable bonds is 10. The zero-order valence-electron chi connectivity index (χ0n) is 17.7. The van der Waals surface area contributed by atoms with E-state index in [1.54, 1.807) is 13.8 Å². The van der Waals surface area contributed by atoms with E-state index in [4.69, 9.17) is 5.73 Å². The molecule has 0 fully saturated rings. The van der Waals surface area contributed by atoms with Crippen LogP contribution in [-0.2, 0) is 20.8 Å². The molecule has 0 saturated heterocycles. The maximum Gasteiger partial charge on any atom is 0.226 e. The Balaban J connectivity index is 2.12. The summed E-state index contributed by atoms with van der Waals surface area (Å²) >= 11 is 0. The van der Waals surface area contributed by atoms with Gasteiger partial charge in [-0.3, -0.25) is 14.4 Å². The monoisotopic (exact) mass is 402 g/mol. The number of nitrogens with two attached hydrogens (primary N) is 1. The first kappa shape index (κ1) is 23.2. The molecule has 0 spiro atoms. The number of fused-ring (bicyclic) bond motifs is 1. The predicted octanol–water partition coefficient (Wildman–Crippen LogP) is 2.12. The minimum atomic E-state index is -0.995. The summed E-state index contributed by atoms with van der Waals surface area (Å²) in [6, 6.07) is 7.23. The third-order valence-corrected chi connectivity index (χ3v) is 5.78. The van der Waals surface area contributed by atoms with Crippen molar-refractivity contribution in [2.45, 2.75) is 70.9 Å². The Morgan fingerprint density at radius 1 is 1.21 bits per heavy atom. The standard InChI is InChI=1S/C23H34N2O4/c1-14(2)22(28)20(11-12-24)25-23(29)19(15(3)26)13-21(27)18-10-6-8-16-7-4-5-9-17(16)18/h4-5,7,9,14-15,18-20,26H,6,8,10-13,24H2,1-3H3,(H,25,29)/t15-,18?,19-,20-/m0/s1. The van der Waals surface area contributed by atoms with Gasteiger partial charge < -0.3 is 16.2 Å². The lowest BCUT2D eigenvalue weighted by atomic mass is 9.78. The Kier molecular flexibility index (Phi) is 8.53. The van der Waals surface area contributed by atoms with Crippen LogP contribution in [0.3, 0.4) is 0 Å². The van der Waals surface area contributed by atoms with Crippen LogP contribution in [-0.4, -0.2) is 41.3 Å². The van der Waals surface area contributed by atoms with Crippen LogP contribution in [0.5, 0.6) is 0 Å². The maximum absolute atomic E-state index is 13.1. The van der Waals surface area contributed by atoms with Crippen LogP contribution >= 0.6 is 0 Å². The molecule has 1 aliphatic carbocycles. The summed E-state index contributed by atoms with van der Waals surface area (Å²) in [6.45, 7) is 5.32. The SMILES string of the molecule is CC(C)C(=O)[C@H](CCN)NC(=O)[C@@H](CC(=O)C1CCCc2ccccc21)[C@H](C)O. The average molecular weight is 403 g/mol. The van der Waals surface area contributed by atoms with Gasteiger partial charge in [0.05, 0.1) is 18.1 Å². The quantitative estimate of drug-likeness (QED) is 0.555. The van der Waals surface area contributed by atoms with Gasteiger partial charge in [0.1, 0.15) is 5.78 Å². The second kappa shape index (κ2) is 10.6. The van der Waals surface area contributed by atoms with Gasteiger partial charge in [0.25, 0.3) is 0 Å². The summed E-state index contributed by atoms with van der Waals surface area (Å²) in [5.41, 5.74) is 7.81. The van der Waals surface area contributed by atoms with Crippen molar-refractivity contribution in [3.8, 4) is 0 Å². The zero-order chi connectivity index (χ0) is 21.6. The van der Waals surface area contributed by atoms with Crippen molar-refractivity contribution in [3.05, 3.63) is 35.4 Å². The van der Waals surface area contributed by atoms with Gasteiger partial charge in [0, 0.05) is 18.3 Å². The van der Waals surface area contributed by atoms with Crippen molar-refractivity contribution in [1.82, 2.24) is 5.32 Å². The summed E-state index contributed by atoms with van der Waals surface area (Å²) in [6.07, 6.45) is 1.93. The van der Waals surface area contributed by atoms with Crippen LogP contribution in [0.1, 0.15) is 63.5 Å². The van der Waals surface area contributed by atoms with Crippen molar-refractivity contribution in [3.63, 3.8) is 0 Å². The lowest BCUT2D eigenvalue weighted by molar-refractivity contribution is -0.136. The molecule has 2 rings (SSSR count). The van der Waals surface area contributed by atoms with Gasteiger partial charge in [-0.25, -0.2) is 0 Å². The van der Waals surface area contributed by atoms with Crippen LogP contribution in [0.4, 0.5) is 0 Å². The number of aryl methyl sites for hydroxylation is 1. The van der Waals surface area contributed by atoms with Crippen LogP contribution in [0.25, 0.3) is 0 Å². The molecule has 160 valence electrons. The fraction of sp³-hybridized carbons (Fsp3) is 0.609. The smallest absolute Gasteiger partial charge is 0.226 e. The molecule has 4 N–H and O–H groups in total. The van der Waals surface area contributed by atoms with E-state index >= 15 is 0 Å². The number of carbonyl (C=O) groups excluding carboxylic acids is 3. The molecule has 0 heterocycles. The largest absolute Gasteiger partial charge is 0.393 e. The average Bonchev–Trinajstić information content (AvgIpc) is 2.70. The predicted molar refractivity (Wildman–Crippen MR) is 112 cm³/mol. The van der Waals surface area contributed by atoms with Gasteiger partial charge in [0.2, 0.25) is 5.91 Å². The number of amides is 1. The Hall–Kier alpha value is -2.05. The van der Waals surface area contributed by atoms with Crippen LogP contribution in [0.2, 0.25) is 0 Å². The van der Waals surface area contributed by atoms with Crippen LogP contribution in [0.15, 0.2) is 24.3 Å². The number of carbonyl (C=O) groups is 3. The molecule has 1 aromatic rings. The molecule has 1 aliphatic rings. The minimum Gasteiger partial charge on any atom is -0.393 e. The Bertz CT molecular complexity index is 729. The summed E-state index contributed by atoms with van der Waals surface area (Å²) in [7, 11) is 0. The number of benzene rings is 1. The molecular weight excluding hydrogens is 368 g/mol. The molecule has 6 heteroatoms. The third kappa shape index (κ3) is 5.97. The van der Waals surface area contributed by atoms with Crippen LogP contribution < -0.4 is 11.1 Å². The molecule has 0 aromatic heterocycles. The Morgan fingerprint density at radius 2 is 1.90 bits per heavy atom. The van der Waals surface area contributed by atoms with E-state index in [2.05, 4.69) is 5.32 Å². The summed E-state index contributed by atoms with van der Waals surface area (Å²) in [5.74, 6) is -1.98. The lowest BCUT2D eigenvalue weighted by Crippen LogP contribution is -2.48. The highest BCUT2D eigenvalue weighted by atomic mass is 16.3. The zero-order valence-corrected chi connectivity index (χ0v) is 17.7. The van der Waals surface area contributed by atoms with Crippen molar-refractivity contribution >= 4 is 17.5 Å². The molecule has 6 nitrogen and oxygen atoms in total. The highest BCUT2D eigenvalue weighted by molar-refractivity contribution is 5.94. The number of ketones is 2. The fourth-order valence-electron chi connectivity index (χ4n) is 4.06. The molecule has 0 saturated carbocycles. The second-order valence-corrected chi connectivity index (χ2v) is 8.36. The van der Waals surface area contributed by atoms with Gasteiger partial charge in [-0.2, -0.15) is 0 Å². The van der Waals surface area contributed by atoms with Gasteiger partial charge in [0.15, 0.2) is 5.78 Å². The second-order valence-electron chi connectivity index (χ2n) is 8.36. The normalized spacial score (nSPS) is 19.2. The minimum absolute atomic E-state index is 0.0382. The first-order chi connectivity index (χ1) is 13.8.